The van der Waals surface area contributed by atoms with Crippen LogP contribution >= 0.6 is 0 Å². The minimum absolute atomic E-state index is 0.103. The van der Waals surface area contributed by atoms with Crippen molar-refractivity contribution in [3.05, 3.63) is 35.3 Å². The van der Waals surface area contributed by atoms with E-state index in [1.807, 2.05) is 0 Å². The van der Waals surface area contributed by atoms with Gasteiger partial charge in [-0.2, -0.15) is 0 Å². The Labute approximate surface area is 172 Å². The van der Waals surface area contributed by atoms with Crippen LogP contribution in [0.5, 0.6) is 5.88 Å². The van der Waals surface area contributed by atoms with Gasteiger partial charge in [-0.3, -0.25) is 19.3 Å². The second-order valence-electron chi connectivity index (χ2n) is 7.22. The molecular formula is C18H18F5N5O3. The van der Waals surface area contributed by atoms with Gasteiger partial charge in [0.1, 0.15) is 11.4 Å². The van der Waals surface area contributed by atoms with Crippen LogP contribution in [0.15, 0.2) is 18.3 Å². The van der Waals surface area contributed by atoms with Gasteiger partial charge in [-0.15, -0.1) is 18.3 Å². The van der Waals surface area contributed by atoms with Crippen LogP contribution in [0.1, 0.15) is 45.8 Å². The number of hydrogen-bond acceptors (Lipinski definition) is 5. The van der Waals surface area contributed by atoms with Crippen LogP contribution in [0, 0.1) is 12.8 Å². The molecule has 1 aliphatic carbocycles. The Kier molecular flexibility index (Phi) is 5.87. The van der Waals surface area contributed by atoms with Crippen LogP contribution in [0.25, 0.3) is 0 Å². The second-order valence-corrected chi connectivity index (χ2v) is 7.22. The molecule has 1 saturated carbocycles. The van der Waals surface area contributed by atoms with E-state index in [0.717, 1.165) is 4.68 Å². The van der Waals surface area contributed by atoms with Gasteiger partial charge in [0.25, 0.3) is 11.8 Å². The molecule has 8 nitrogen and oxygen atoms in total. The van der Waals surface area contributed by atoms with Crippen molar-refractivity contribution in [3.8, 4) is 5.88 Å². The van der Waals surface area contributed by atoms with Crippen molar-refractivity contribution in [1.29, 1.82) is 0 Å². The lowest BCUT2D eigenvalue weighted by atomic mass is 10.1. The zero-order valence-corrected chi connectivity index (χ0v) is 16.2. The number of amides is 2. The van der Waals surface area contributed by atoms with E-state index < -0.39 is 42.3 Å². The van der Waals surface area contributed by atoms with Crippen molar-refractivity contribution in [3.63, 3.8) is 0 Å². The number of alkyl halides is 5. The summed E-state index contributed by atoms with van der Waals surface area (Å²) in [7, 11) is 0. The molecule has 2 aromatic rings. The maximum absolute atomic E-state index is 13.5. The Hall–Kier alpha value is -3.25. The molecule has 0 saturated heterocycles. The summed E-state index contributed by atoms with van der Waals surface area (Å²) in [5.41, 5.74) is 4.59. The zero-order valence-electron chi connectivity index (χ0n) is 16.2. The van der Waals surface area contributed by atoms with Gasteiger partial charge >= 0.3 is 6.36 Å². The number of ether oxygens (including phenoxy) is 1. The molecule has 1 fully saturated rings. The number of anilines is 1. The molecule has 168 valence electrons. The molecule has 0 bridgehead atoms. The second kappa shape index (κ2) is 8.12. The Morgan fingerprint density at radius 2 is 2.10 bits per heavy atom. The van der Waals surface area contributed by atoms with Gasteiger partial charge < -0.3 is 15.8 Å². The van der Waals surface area contributed by atoms with E-state index in [9.17, 15) is 31.5 Å². The first-order valence-electron chi connectivity index (χ1n) is 9.13. The summed E-state index contributed by atoms with van der Waals surface area (Å²) in [5.74, 6) is -6.02. The largest absolute Gasteiger partial charge is 0.574 e. The number of rotatable bonds is 6. The van der Waals surface area contributed by atoms with E-state index in [4.69, 9.17) is 5.73 Å². The molecule has 2 aromatic heterocycles. The highest BCUT2D eigenvalue weighted by atomic mass is 19.4. The average molecular weight is 447 g/mol. The van der Waals surface area contributed by atoms with Crippen molar-refractivity contribution in [1.82, 2.24) is 14.8 Å². The van der Waals surface area contributed by atoms with E-state index in [1.54, 1.807) is 0 Å². The van der Waals surface area contributed by atoms with Crippen molar-refractivity contribution in [2.45, 2.75) is 45.0 Å². The number of primary amides is 1. The van der Waals surface area contributed by atoms with E-state index in [0.29, 0.717) is 0 Å². The molecule has 2 heterocycles. The molecule has 1 atom stereocenters. The van der Waals surface area contributed by atoms with E-state index in [-0.39, 0.29) is 42.0 Å². The number of carbonyl (C=O) groups is 2. The summed E-state index contributed by atoms with van der Waals surface area (Å²) in [6.45, 7) is 1.01. The standard InChI is InChI=1S/C18H18F5N5O3/c1-9-13(15(30)26-11-3-5-25-12(6-11)14(24)29)28(27-16(9)31-18(21,22)23)8-10-2-4-17(19,20)7-10/h3,5-6,10H,2,4,7-8H2,1H3,(H2,24,29)(H,25,26,30). The monoisotopic (exact) mass is 447 g/mol. The molecule has 2 amide bonds. The average Bonchev–Trinajstić information content (AvgIpc) is 3.12. The predicted molar refractivity (Wildman–Crippen MR) is 96.6 cm³/mol. The Bertz CT molecular complexity index is 1000. The van der Waals surface area contributed by atoms with E-state index in [1.165, 1.54) is 25.3 Å². The van der Waals surface area contributed by atoms with E-state index in [2.05, 4.69) is 20.1 Å². The number of carbonyl (C=O) groups excluding carboxylic acids is 2. The van der Waals surface area contributed by atoms with Gasteiger partial charge in [0, 0.05) is 36.8 Å². The molecule has 3 N–H and O–H groups in total. The fourth-order valence-corrected chi connectivity index (χ4v) is 3.43. The molecule has 0 radical (unpaired) electrons. The number of nitrogens with two attached hydrogens (primary N) is 1. The van der Waals surface area contributed by atoms with Crippen LogP contribution < -0.4 is 15.8 Å². The quantitative estimate of drug-likeness (QED) is 0.660. The van der Waals surface area contributed by atoms with Crippen LogP contribution in [0.4, 0.5) is 27.6 Å². The fraction of sp³-hybridized carbons (Fsp3) is 0.444. The third kappa shape index (κ3) is 5.47. The SMILES string of the molecule is Cc1c(OC(F)(F)F)nn(CC2CCC(F)(F)C2)c1C(=O)Nc1ccnc(C(N)=O)c1. The van der Waals surface area contributed by atoms with Gasteiger partial charge in [-0.25, -0.2) is 8.78 Å². The maximum Gasteiger partial charge on any atom is 0.574 e. The van der Waals surface area contributed by atoms with Gasteiger partial charge in [0.2, 0.25) is 11.8 Å². The number of pyridine rings is 1. The fourth-order valence-electron chi connectivity index (χ4n) is 3.43. The summed E-state index contributed by atoms with van der Waals surface area (Å²) in [6, 6.07) is 2.52. The summed E-state index contributed by atoms with van der Waals surface area (Å²) in [6.07, 6.45) is -4.53. The minimum atomic E-state index is -5.06. The molecular weight excluding hydrogens is 429 g/mol. The van der Waals surface area contributed by atoms with Gasteiger partial charge in [-0.05, 0) is 31.4 Å². The Morgan fingerprint density at radius 1 is 1.39 bits per heavy atom. The van der Waals surface area contributed by atoms with Crippen LogP contribution in [0.2, 0.25) is 0 Å². The van der Waals surface area contributed by atoms with Crippen molar-refractivity contribution < 1.29 is 36.3 Å². The topological polar surface area (TPSA) is 112 Å². The first-order valence-corrected chi connectivity index (χ1v) is 9.13. The smallest absolute Gasteiger partial charge is 0.386 e. The zero-order chi connectivity index (χ0) is 23.0. The number of nitrogens with zero attached hydrogens (tertiary/aromatic N) is 3. The molecule has 0 aromatic carbocycles. The molecule has 3 rings (SSSR count). The highest BCUT2D eigenvalue weighted by Crippen LogP contribution is 2.40. The lowest BCUT2D eigenvalue weighted by Crippen LogP contribution is -2.22. The third-order valence-corrected chi connectivity index (χ3v) is 4.78. The Balaban J connectivity index is 1.91. The first-order chi connectivity index (χ1) is 14.3. The molecule has 0 aliphatic heterocycles. The lowest BCUT2D eigenvalue weighted by molar-refractivity contribution is -0.276. The minimum Gasteiger partial charge on any atom is -0.386 e. The third-order valence-electron chi connectivity index (χ3n) is 4.78. The van der Waals surface area contributed by atoms with Crippen LogP contribution in [-0.4, -0.2) is 38.9 Å². The number of nitrogens with one attached hydrogen (secondary N) is 1. The number of aromatic nitrogens is 3. The molecule has 1 aliphatic rings. The predicted octanol–water partition coefficient (Wildman–Crippen LogP) is 3.27. The molecule has 13 heteroatoms. The van der Waals surface area contributed by atoms with Crippen molar-refractivity contribution in [2.24, 2.45) is 11.7 Å². The Morgan fingerprint density at radius 3 is 2.68 bits per heavy atom. The van der Waals surface area contributed by atoms with Gasteiger partial charge in [0.15, 0.2) is 0 Å². The molecule has 1 unspecified atom stereocenters. The van der Waals surface area contributed by atoms with Gasteiger partial charge in [-0.1, -0.05) is 0 Å². The van der Waals surface area contributed by atoms with Gasteiger partial charge in [0.05, 0.1) is 0 Å². The normalized spacial score (nSPS) is 18.1. The van der Waals surface area contributed by atoms with Crippen LogP contribution in [-0.2, 0) is 6.54 Å². The summed E-state index contributed by atoms with van der Waals surface area (Å²) < 4.78 is 70.0. The number of hydrogen-bond donors (Lipinski definition) is 2. The highest BCUT2D eigenvalue weighted by molar-refractivity contribution is 6.05. The molecule has 0 spiro atoms. The number of halogens is 5. The highest BCUT2D eigenvalue weighted by Gasteiger charge is 2.41. The van der Waals surface area contributed by atoms with Crippen molar-refractivity contribution in [2.75, 3.05) is 5.32 Å². The lowest BCUT2D eigenvalue weighted by Gasteiger charge is -2.13. The first kappa shape index (κ1) is 22.4. The summed E-state index contributed by atoms with van der Waals surface area (Å²) >= 11 is 0. The summed E-state index contributed by atoms with van der Waals surface area (Å²) in [5, 5.41) is 6.12. The van der Waals surface area contributed by atoms with E-state index >= 15 is 0 Å². The van der Waals surface area contributed by atoms with Crippen molar-refractivity contribution >= 4 is 17.5 Å². The molecule has 31 heavy (non-hydrogen) atoms. The maximum atomic E-state index is 13.5. The summed E-state index contributed by atoms with van der Waals surface area (Å²) in [4.78, 5) is 27.8. The van der Waals surface area contributed by atoms with Crippen LogP contribution in [0.3, 0.4) is 0 Å².